The van der Waals surface area contributed by atoms with Gasteiger partial charge in [-0.1, -0.05) is 18.2 Å². The summed E-state index contributed by atoms with van der Waals surface area (Å²) in [5, 5.41) is 3.98. The summed E-state index contributed by atoms with van der Waals surface area (Å²) in [6.45, 7) is 2.42. The van der Waals surface area contributed by atoms with Crippen LogP contribution in [0, 0.1) is 6.92 Å². The smallest absolute Gasteiger partial charge is 0.224 e. The van der Waals surface area contributed by atoms with Crippen molar-refractivity contribution >= 4 is 16.8 Å². The highest BCUT2D eigenvalue weighted by Crippen LogP contribution is 2.22. The normalized spacial score (nSPS) is 10.8. The van der Waals surface area contributed by atoms with Gasteiger partial charge in [-0.15, -0.1) is 0 Å². The van der Waals surface area contributed by atoms with Crippen LogP contribution in [0.3, 0.4) is 0 Å². The first kappa shape index (κ1) is 12.5. The molecule has 0 aliphatic heterocycles. The van der Waals surface area contributed by atoms with E-state index in [4.69, 9.17) is 0 Å². The molecule has 1 aromatic carbocycles. The molecule has 0 spiro atoms. The Bertz CT molecular complexity index is 728. The van der Waals surface area contributed by atoms with Crippen LogP contribution in [0.5, 0.6) is 0 Å². The molecule has 0 fully saturated rings. The zero-order chi connectivity index (χ0) is 13.9. The summed E-state index contributed by atoms with van der Waals surface area (Å²) in [5.41, 5.74) is 3.16. The van der Waals surface area contributed by atoms with E-state index >= 15 is 0 Å². The third-order valence-corrected chi connectivity index (χ3v) is 3.37. The number of rotatable bonds is 4. The van der Waals surface area contributed by atoms with E-state index in [0.29, 0.717) is 13.0 Å². The number of fused-ring (bicyclic) bond motifs is 1. The molecule has 0 radical (unpaired) electrons. The standard InChI is InChI=1S/C15H16N4O/c1-10-12(11-4-2-3-5-13(11)19-10)8-15(20)18-9-14-16-6-7-17-14/h2-7,19H,8-9H2,1H3,(H,16,17)(H,18,20). The fraction of sp³-hybridized carbons (Fsp3) is 0.200. The Balaban J connectivity index is 1.72. The fourth-order valence-electron chi connectivity index (χ4n) is 2.36. The van der Waals surface area contributed by atoms with E-state index in [2.05, 4.69) is 20.3 Å². The predicted molar refractivity (Wildman–Crippen MR) is 77.2 cm³/mol. The number of carbonyl (C=O) groups excluding carboxylic acids is 1. The van der Waals surface area contributed by atoms with Crippen molar-refractivity contribution in [1.29, 1.82) is 0 Å². The highest BCUT2D eigenvalue weighted by Gasteiger charge is 2.12. The summed E-state index contributed by atoms with van der Waals surface area (Å²) >= 11 is 0. The number of carbonyl (C=O) groups is 1. The molecule has 3 rings (SSSR count). The minimum atomic E-state index is -0.00532. The number of nitrogens with one attached hydrogen (secondary N) is 3. The molecule has 20 heavy (non-hydrogen) atoms. The van der Waals surface area contributed by atoms with Crippen LogP contribution in [0.4, 0.5) is 0 Å². The Hall–Kier alpha value is -2.56. The summed E-state index contributed by atoms with van der Waals surface area (Å²) in [6, 6.07) is 8.03. The van der Waals surface area contributed by atoms with Crippen molar-refractivity contribution in [3.05, 3.63) is 53.7 Å². The van der Waals surface area contributed by atoms with Gasteiger partial charge in [-0.25, -0.2) is 4.98 Å². The first-order valence-electron chi connectivity index (χ1n) is 6.55. The lowest BCUT2D eigenvalue weighted by Gasteiger charge is -2.04. The summed E-state index contributed by atoms with van der Waals surface area (Å²) in [6.07, 6.45) is 3.78. The third kappa shape index (κ3) is 2.42. The quantitative estimate of drug-likeness (QED) is 0.677. The Morgan fingerprint density at radius 2 is 2.20 bits per heavy atom. The molecule has 3 N–H and O–H groups in total. The number of benzene rings is 1. The highest BCUT2D eigenvalue weighted by atomic mass is 16.1. The van der Waals surface area contributed by atoms with Gasteiger partial charge in [0.1, 0.15) is 5.82 Å². The van der Waals surface area contributed by atoms with E-state index in [1.54, 1.807) is 12.4 Å². The maximum atomic E-state index is 12.0. The molecule has 3 aromatic rings. The molecule has 2 aromatic heterocycles. The van der Waals surface area contributed by atoms with Crippen molar-refractivity contribution < 1.29 is 4.79 Å². The minimum Gasteiger partial charge on any atom is -0.358 e. The molecular weight excluding hydrogens is 252 g/mol. The average molecular weight is 268 g/mol. The molecule has 0 aliphatic rings. The van der Waals surface area contributed by atoms with E-state index in [0.717, 1.165) is 28.0 Å². The van der Waals surface area contributed by atoms with Crippen LogP contribution in [0.25, 0.3) is 10.9 Å². The number of H-pyrrole nitrogens is 2. The second kappa shape index (κ2) is 5.21. The van der Waals surface area contributed by atoms with Gasteiger partial charge in [0.15, 0.2) is 0 Å². The summed E-state index contributed by atoms with van der Waals surface area (Å²) in [4.78, 5) is 22.4. The lowest BCUT2D eigenvalue weighted by molar-refractivity contribution is -0.120. The van der Waals surface area contributed by atoms with Gasteiger partial charge in [-0.3, -0.25) is 4.79 Å². The van der Waals surface area contributed by atoms with E-state index in [-0.39, 0.29) is 5.91 Å². The minimum absolute atomic E-state index is 0.00532. The van der Waals surface area contributed by atoms with Gasteiger partial charge in [0.05, 0.1) is 13.0 Å². The van der Waals surface area contributed by atoms with Crippen molar-refractivity contribution in [3.8, 4) is 0 Å². The Morgan fingerprint density at radius 1 is 1.35 bits per heavy atom. The van der Waals surface area contributed by atoms with E-state index in [1.807, 2.05) is 31.2 Å². The molecule has 102 valence electrons. The highest BCUT2D eigenvalue weighted by molar-refractivity contribution is 5.90. The van der Waals surface area contributed by atoms with Crippen LogP contribution < -0.4 is 5.32 Å². The lowest BCUT2D eigenvalue weighted by atomic mass is 10.1. The van der Waals surface area contributed by atoms with Gasteiger partial charge in [-0.05, 0) is 18.6 Å². The van der Waals surface area contributed by atoms with E-state index in [1.165, 1.54) is 0 Å². The number of hydrogen-bond donors (Lipinski definition) is 3. The van der Waals surface area contributed by atoms with Crippen molar-refractivity contribution in [2.45, 2.75) is 19.9 Å². The van der Waals surface area contributed by atoms with Crippen LogP contribution in [-0.2, 0) is 17.8 Å². The third-order valence-electron chi connectivity index (χ3n) is 3.37. The fourth-order valence-corrected chi connectivity index (χ4v) is 2.36. The lowest BCUT2D eigenvalue weighted by Crippen LogP contribution is -2.25. The number of amides is 1. The van der Waals surface area contributed by atoms with Gasteiger partial charge in [0.2, 0.25) is 5.91 Å². The van der Waals surface area contributed by atoms with Crippen LogP contribution in [0.15, 0.2) is 36.7 Å². The molecule has 1 amide bonds. The van der Waals surface area contributed by atoms with Crippen LogP contribution in [-0.4, -0.2) is 20.9 Å². The van der Waals surface area contributed by atoms with E-state index in [9.17, 15) is 4.79 Å². The zero-order valence-corrected chi connectivity index (χ0v) is 11.2. The Labute approximate surface area is 116 Å². The molecule has 0 bridgehead atoms. The molecule has 5 heteroatoms. The molecular formula is C15H16N4O. The van der Waals surface area contributed by atoms with Gasteiger partial charge < -0.3 is 15.3 Å². The number of aryl methyl sites for hydroxylation is 1. The number of imidazole rings is 1. The van der Waals surface area contributed by atoms with Gasteiger partial charge in [0, 0.05) is 29.0 Å². The molecule has 0 aliphatic carbocycles. The van der Waals surface area contributed by atoms with Crippen molar-refractivity contribution in [1.82, 2.24) is 20.3 Å². The summed E-state index contributed by atoms with van der Waals surface area (Å²) < 4.78 is 0. The molecule has 0 atom stereocenters. The molecule has 2 heterocycles. The summed E-state index contributed by atoms with van der Waals surface area (Å²) in [7, 11) is 0. The maximum Gasteiger partial charge on any atom is 0.224 e. The first-order chi connectivity index (χ1) is 9.74. The second-order valence-electron chi connectivity index (χ2n) is 4.76. The van der Waals surface area contributed by atoms with Crippen LogP contribution in [0.1, 0.15) is 17.1 Å². The van der Waals surface area contributed by atoms with Crippen LogP contribution in [0.2, 0.25) is 0 Å². The van der Waals surface area contributed by atoms with Crippen molar-refractivity contribution in [3.63, 3.8) is 0 Å². The number of para-hydroxylation sites is 1. The first-order valence-corrected chi connectivity index (χ1v) is 6.55. The summed E-state index contributed by atoms with van der Waals surface area (Å²) in [5.74, 6) is 0.753. The number of aromatic nitrogens is 3. The SMILES string of the molecule is Cc1[nH]c2ccccc2c1CC(=O)NCc1ncc[nH]1. The predicted octanol–water partition coefficient (Wildman–Crippen LogP) is 2.06. The Kier molecular flexibility index (Phi) is 3.25. The number of aromatic amines is 2. The van der Waals surface area contributed by atoms with Gasteiger partial charge >= 0.3 is 0 Å². The van der Waals surface area contributed by atoms with Crippen LogP contribution >= 0.6 is 0 Å². The molecule has 0 unspecified atom stereocenters. The maximum absolute atomic E-state index is 12.0. The largest absolute Gasteiger partial charge is 0.358 e. The van der Waals surface area contributed by atoms with Crippen molar-refractivity contribution in [2.75, 3.05) is 0 Å². The molecule has 0 saturated carbocycles. The number of hydrogen-bond acceptors (Lipinski definition) is 2. The Morgan fingerprint density at radius 3 is 3.00 bits per heavy atom. The molecule has 5 nitrogen and oxygen atoms in total. The molecule has 0 saturated heterocycles. The van der Waals surface area contributed by atoms with E-state index < -0.39 is 0 Å². The topological polar surface area (TPSA) is 73.6 Å². The number of nitrogens with zero attached hydrogens (tertiary/aromatic N) is 1. The zero-order valence-electron chi connectivity index (χ0n) is 11.2. The van der Waals surface area contributed by atoms with Crippen molar-refractivity contribution in [2.24, 2.45) is 0 Å². The average Bonchev–Trinajstić information content (AvgIpc) is 3.06. The van der Waals surface area contributed by atoms with Gasteiger partial charge in [0.25, 0.3) is 0 Å². The van der Waals surface area contributed by atoms with Gasteiger partial charge in [-0.2, -0.15) is 0 Å². The second-order valence-corrected chi connectivity index (χ2v) is 4.76. The monoisotopic (exact) mass is 268 g/mol.